The lowest BCUT2D eigenvalue weighted by Crippen LogP contribution is -2.38. The van der Waals surface area contributed by atoms with Crippen molar-refractivity contribution >= 4 is 11.7 Å². The van der Waals surface area contributed by atoms with Crippen LogP contribution in [0.3, 0.4) is 0 Å². The number of para-hydroxylation sites is 1. The first kappa shape index (κ1) is 10.6. The maximum Gasteiger partial charge on any atom is 0.323 e. The van der Waals surface area contributed by atoms with Gasteiger partial charge in [0.1, 0.15) is 0 Å². The molecule has 0 aliphatic heterocycles. The largest absolute Gasteiger partial charge is 0.327 e. The number of hydrogen-bond acceptors (Lipinski definition) is 1. The van der Waals surface area contributed by atoms with Gasteiger partial charge < -0.3 is 4.90 Å². The highest BCUT2D eigenvalue weighted by Gasteiger charge is 2.13. The van der Waals surface area contributed by atoms with Crippen LogP contribution in [-0.4, -0.2) is 31.6 Å². The second-order valence-electron chi connectivity index (χ2n) is 3.10. The Bertz CT molecular complexity index is 297. The number of anilines is 1. The van der Waals surface area contributed by atoms with Gasteiger partial charge in [-0.05, 0) is 19.1 Å². The SMILES string of the molecule is [CH2]CN(C)C(=O)N(C)c1ccccc1. The van der Waals surface area contributed by atoms with Crippen molar-refractivity contribution in [1.29, 1.82) is 0 Å². The second-order valence-corrected chi connectivity index (χ2v) is 3.10. The average molecular weight is 191 g/mol. The number of carbonyl (C=O) groups is 1. The molecule has 0 bridgehead atoms. The van der Waals surface area contributed by atoms with Gasteiger partial charge in [-0.3, -0.25) is 4.90 Å². The molecule has 3 heteroatoms. The molecule has 14 heavy (non-hydrogen) atoms. The normalized spacial score (nSPS) is 9.64. The Kier molecular flexibility index (Phi) is 3.51. The van der Waals surface area contributed by atoms with Crippen molar-refractivity contribution in [2.75, 3.05) is 25.5 Å². The van der Waals surface area contributed by atoms with Gasteiger partial charge in [0.2, 0.25) is 0 Å². The predicted octanol–water partition coefficient (Wildman–Crippen LogP) is 2.01. The summed E-state index contributed by atoms with van der Waals surface area (Å²) in [6.45, 7) is 4.13. The van der Waals surface area contributed by atoms with Gasteiger partial charge >= 0.3 is 6.03 Å². The lowest BCUT2D eigenvalue weighted by atomic mass is 10.3. The van der Waals surface area contributed by atoms with Gasteiger partial charge in [0.05, 0.1) is 0 Å². The summed E-state index contributed by atoms with van der Waals surface area (Å²) >= 11 is 0. The Morgan fingerprint density at radius 1 is 1.29 bits per heavy atom. The number of benzene rings is 1. The first-order valence-corrected chi connectivity index (χ1v) is 4.50. The first-order chi connectivity index (χ1) is 6.66. The minimum atomic E-state index is -0.0498. The van der Waals surface area contributed by atoms with E-state index in [1.807, 2.05) is 30.3 Å². The Balaban J connectivity index is 2.76. The molecule has 0 aromatic heterocycles. The predicted molar refractivity (Wildman–Crippen MR) is 58.2 cm³/mol. The standard InChI is InChI=1S/C11H15N2O/c1-4-12(2)11(14)13(3)10-8-6-5-7-9-10/h5-9H,1,4H2,2-3H3. The molecule has 1 radical (unpaired) electrons. The Morgan fingerprint density at radius 3 is 2.36 bits per heavy atom. The van der Waals surface area contributed by atoms with Gasteiger partial charge in [-0.15, -0.1) is 0 Å². The van der Waals surface area contributed by atoms with Crippen molar-refractivity contribution in [1.82, 2.24) is 4.90 Å². The van der Waals surface area contributed by atoms with Crippen molar-refractivity contribution in [3.05, 3.63) is 37.3 Å². The van der Waals surface area contributed by atoms with E-state index in [1.165, 1.54) is 0 Å². The fourth-order valence-electron chi connectivity index (χ4n) is 1.11. The smallest absolute Gasteiger partial charge is 0.323 e. The highest BCUT2D eigenvalue weighted by atomic mass is 16.2. The van der Waals surface area contributed by atoms with Gasteiger partial charge in [-0.1, -0.05) is 18.2 Å². The fourth-order valence-corrected chi connectivity index (χ4v) is 1.11. The van der Waals surface area contributed by atoms with Crippen LogP contribution in [-0.2, 0) is 0 Å². The lowest BCUT2D eigenvalue weighted by Gasteiger charge is -2.23. The molecule has 1 rings (SSSR count). The molecular weight excluding hydrogens is 176 g/mol. The second kappa shape index (κ2) is 4.65. The van der Waals surface area contributed by atoms with Gasteiger partial charge in [0.15, 0.2) is 0 Å². The summed E-state index contributed by atoms with van der Waals surface area (Å²) in [7, 11) is 3.48. The number of carbonyl (C=O) groups excluding carboxylic acids is 1. The molecule has 0 fully saturated rings. The molecule has 3 nitrogen and oxygen atoms in total. The summed E-state index contributed by atoms with van der Waals surface area (Å²) < 4.78 is 0. The monoisotopic (exact) mass is 191 g/mol. The molecule has 0 N–H and O–H groups in total. The molecular formula is C11H15N2O. The van der Waals surface area contributed by atoms with E-state index in [-0.39, 0.29) is 6.03 Å². The van der Waals surface area contributed by atoms with Crippen LogP contribution >= 0.6 is 0 Å². The Labute approximate surface area is 84.9 Å². The highest BCUT2D eigenvalue weighted by molar-refractivity contribution is 5.91. The summed E-state index contributed by atoms with van der Waals surface area (Å²) in [4.78, 5) is 14.9. The van der Waals surface area contributed by atoms with E-state index in [4.69, 9.17) is 0 Å². The third-order valence-corrected chi connectivity index (χ3v) is 2.09. The van der Waals surface area contributed by atoms with Crippen LogP contribution in [0.4, 0.5) is 10.5 Å². The molecule has 1 aromatic carbocycles. The number of hydrogen-bond donors (Lipinski definition) is 0. The maximum atomic E-state index is 11.7. The van der Waals surface area contributed by atoms with Crippen molar-refractivity contribution in [2.24, 2.45) is 0 Å². The van der Waals surface area contributed by atoms with Gasteiger partial charge in [-0.25, -0.2) is 4.79 Å². The minimum absolute atomic E-state index is 0.0498. The molecule has 0 heterocycles. The molecule has 0 aliphatic carbocycles. The molecule has 1 aromatic rings. The zero-order valence-electron chi connectivity index (χ0n) is 8.60. The third-order valence-electron chi connectivity index (χ3n) is 2.09. The number of urea groups is 1. The van der Waals surface area contributed by atoms with E-state index in [0.717, 1.165) is 5.69 Å². The maximum absolute atomic E-state index is 11.7. The quantitative estimate of drug-likeness (QED) is 0.701. The van der Waals surface area contributed by atoms with E-state index in [2.05, 4.69) is 6.92 Å². The minimum Gasteiger partial charge on any atom is -0.327 e. The van der Waals surface area contributed by atoms with Crippen LogP contribution in [0, 0.1) is 6.92 Å². The van der Waals surface area contributed by atoms with Crippen LogP contribution in [0.5, 0.6) is 0 Å². The van der Waals surface area contributed by atoms with Crippen molar-refractivity contribution in [3.8, 4) is 0 Å². The number of amides is 2. The topological polar surface area (TPSA) is 23.6 Å². The summed E-state index contributed by atoms with van der Waals surface area (Å²) in [5.41, 5.74) is 0.887. The summed E-state index contributed by atoms with van der Waals surface area (Å²) in [5, 5.41) is 0. The van der Waals surface area contributed by atoms with Gasteiger partial charge in [0, 0.05) is 26.3 Å². The lowest BCUT2D eigenvalue weighted by molar-refractivity contribution is 0.221. The van der Waals surface area contributed by atoms with Crippen LogP contribution in [0.15, 0.2) is 30.3 Å². The summed E-state index contributed by atoms with van der Waals surface area (Å²) in [5.74, 6) is 0. The molecule has 0 unspecified atom stereocenters. The zero-order chi connectivity index (χ0) is 10.6. The molecule has 0 saturated heterocycles. The van der Waals surface area contributed by atoms with E-state index < -0.39 is 0 Å². The van der Waals surface area contributed by atoms with E-state index in [0.29, 0.717) is 6.54 Å². The zero-order valence-corrected chi connectivity index (χ0v) is 8.60. The molecule has 0 atom stereocenters. The average Bonchev–Trinajstić information content (AvgIpc) is 2.27. The van der Waals surface area contributed by atoms with Gasteiger partial charge in [-0.2, -0.15) is 0 Å². The molecule has 75 valence electrons. The van der Waals surface area contributed by atoms with Crippen molar-refractivity contribution < 1.29 is 4.79 Å². The summed E-state index contributed by atoms with van der Waals surface area (Å²) in [6, 6.07) is 9.48. The van der Waals surface area contributed by atoms with Crippen LogP contribution in [0.1, 0.15) is 0 Å². The third kappa shape index (κ3) is 2.25. The Morgan fingerprint density at radius 2 is 1.86 bits per heavy atom. The Hall–Kier alpha value is -1.51. The molecule has 0 saturated carbocycles. The van der Waals surface area contributed by atoms with Crippen LogP contribution in [0.2, 0.25) is 0 Å². The summed E-state index contributed by atoms with van der Waals surface area (Å²) in [6.07, 6.45) is 0. The first-order valence-electron chi connectivity index (χ1n) is 4.50. The van der Waals surface area contributed by atoms with E-state index in [9.17, 15) is 4.79 Å². The molecule has 0 spiro atoms. The van der Waals surface area contributed by atoms with Crippen LogP contribution in [0.25, 0.3) is 0 Å². The molecule has 0 aliphatic rings. The number of nitrogens with zero attached hydrogens (tertiary/aromatic N) is 2. The van der Waals surface area contributed by atoms with Gasteiger partial charge in [0.25, 0.3) is 0 Å². The number of rotatable bonds is 2. The van der Waals surface area contributed by atoms with Crippen molar-refractivity contribution in [2.45, 2.75) is 0 Å². The van der Waals surface area contributed by atoms with E-state index >= 15 is 0 Å². The van der Waals surface area contributed by atoms with Crippen LogP contribution < -0.4 is 4.90 Å². The fraction of sp³-hybridized carbons (Fsp3) is 0.273. The highest BCUT2D eigenvalue weighted by Crippen LogP contribution is 2.12. The van der Waals surface area contributed by atoms with Crippen molar-refractivity contribution in [3.63, 3.8) is 0 Å². The molecule has 2 amide bonds. The van der Waals surface area contributed by atoms with E-state index in [1.54, 1.807) is 23.9 Å².